The molecular weight excluding hydrogens is 354 g/mol. The van der Waals surface area contributed by atoms with E-state index in [0.29, 0.717) is 17.2 Å². The molecular formula is C19H22F2N4O2. The lowest BCUT2D eigenvalue weighted by Gasteiger charge is -2.15. The van der Waals surface area contributed by atoms with Crippen molar-refractivity contribution in [3.8, 4) is 5.75 Å². The highest BCUT2D eigenvalue weighted by Crippen LogP contribution is 2.21. The summed E-state index contributed by atoms with van der Waals surface area (Å²) in [6, 6.07) is 14.0. The van der Waals surface area contributed by atoms with Crippen LogP contribution < -0.4 is 20.7 Å². The molecule has 0 fully saturated rings. The van der Waals surface area contributed by atoms with Crippen molar-refractivity contribution < 1.29 is 18.3 Å². The van der Waals surface area contributed by atoms with E-state index in [1.807, 2.05) is 25.1 Å². The third kappa shape index (κ3) is 6.93. The minimum absolute atomic E-state index is 0.00275. The Kier molecular flexibility index (Phi) is 7.54. The number of nitrogens with zero attached hydrogens (tertiary/aromatic N) is 1. The fraction of sp³-hybridized carbons (Fsp3) is 0.263. The third-order valence-electron chi connectivity index (χ3n) is 3.58. The summed E-state index contributed by atoms with van der Waals surface area (Å²) in [5.41, 5.74) is 2.17. The molecule has 0 atom stereocenters. The number of halogens is 2. The molecule has 27 heavy (non-hydrogen) atoms. The zero-order valence-electron chi connectivity index (χ0n) is 15.1. The molecule has 0 aliphatic carbocycles. The number of anilines is 1. The molecule has 1 amide bonds. The van der Waals surface area contributed by atoms with Crippen LogP contribution in [0.2, 0.25) is 0 Å². The van der Waals surface area contributed by atoms with E-state index < -0.39 is 6.61 Å². The number of para-hydroxylation sites is 1. The first kappa shape index (κ1) is 20.2. The molecule has 3 N–H and O–H groups in total. The van der Waals surface area contributed by atoms with Gasteiger partial charge < -0.3 is 20.7 Å². The Morgan fingerprint density at radius 1 is 1.15 bits per heavy atom. The van der Waals surface area contributed by atoms with Gasteiger partial charge in [-0.15, -0.1) is 0 Å². The van der Waals surface area contributed by atoms with Crippen molar-refractivity contribution in [2.24, 2.45) is 4.99 Å². The minimum atomic E-state index is -2.90. The van der Waals surface area contributed by atoms with Gasteiger partial charge in [-0.2, -0.15) is 8.78 Å². The average molecular weight is 376 g/mol. The standard InChI is InChI=1S/C19H22F2N4O2/c1-13-8-9-16(27-18(20)21)14(10-13)11-23-19(22-2)24-12-17(26)25-15-6-4-3-5-7-15/h3-10,18H,11-12H2,1-2H3,(H,25,26)(H2,22,23,24). The van der Waals surface area contributed by atoms with Crippen molar-refractivity contribution in [2.45, 2.75) is 20.1 Å². The molecule has 2 rings (SSSR count). The number of ether oxygens (including phenoxy) is 1. The number of alkyl halides is 2. The van der Waals surface area contributed by atoms with Crippen molar-refractivity contribution in [1.29, 1.82) is 0 Å². The first-order valence-electron chi connectivity index (χ1n) is 8.31. The lowest BCUT2D eigenvalue weighted by Crippen LogP contribution is -2.41. The molecule has 2 aromatic carbocycles. The smallest absolute Gasteiger partial charge is 0.387 e. The number of hydrogen-bond donors (Lipinski definition) is 3. The molecule has 0 saturated carbocycles. The number of amides is 1. The lowest BCUT2D eigenvalue weighted by molar-refractivity contribution is -0.115. The fourth-order valence-corrected chi connectivity index (χ4v) is 2.35. The predicted octanol–water partition coefficient (Wildman–Crippen LogP) is 2.90. The molecule has 0 heterocycles. The first-order valence-corrected chi connectivity index (χ1v) is 8.31. The van der Waals surface area contributed by atoms with Crippen molar-refractivity contribution in [3.63, 3.8) is 0 Å². The van der Waals surface area contributed by atoms with E-state index >= 15 is 0 Å². The first-order chi connectivity index (χ1) is 13.0. The summed E-state index contributed by atoms with van der Waals surface area (Å²) in [5, 5.41) is 8.60. The quantitative estimate of drug-likeness (QED) is 0.513. The highest BCUT2D eigenvalue weighted by Gasteiger charge is 2.11. The normalized spacial score (nSPS) is 11.2. The van der Waals surface area contributed by atoms with Crippen LogP contribution in [0.3, 0.4) is 0 Å². The van der Waals surface area contributed by atoms with Gasteiger partial charge in [0.1, 0.15) is 5.75 Å². The van der Waals surface area contributed by atoms with Crippen molar-refractivity contribution in [3.05, 3.63) is 59.7 Å². The molecule has 144 valence electrons. The van der Waals surface area contributed by atoms with Gasteiger partial charge in [0.25, 0.3) is 0 Å². The number of rotatable bonds is 7. The van der Waals surface area contributed by atoms with E-state index in [9.17, 15) is 13.6 Å². The Balaban J connectivity index is 1.88. The molecule has 0 unspecified atom stereocenters. The van der Waals surface area contributed by atoms with Gasteiger partial charge in [-0.1, -0.05) is 35.9 Å². The maximum atomic E-state index is 12.5. The second-order valence-electron chi connectivity index (χ2n) is 5.68. The molecule has 2 aromatic rings. The van der Waals surface area contributed by atoms with Crippen LogP contribution in [0.15, 0.2) is 53.5 Å². The van der Waals surface area contributed by atoms with Gasteiger partial charge in [-0.25, -0.2) is 0 Å². The maximum absolute atomic E-state index is 12.5. The Hall–Kier alpha value is -3.16. The molecule has 6 nitrogen and oxygen atoms in total. The Morgan fingerprint density at radius 3 is 2.56 bits per heavy atom. The van der Waals surface area contributed by atoms with Crippen LogP contribution in [-0.2, 0) is 11.3 Å². The number of benzene rings is 2. The molecule has 0 bridgehead atoms. The van der Waals surface area contributed by atoms with E-state index in [1.54, 1.807) is 31.3 Å². The van der Waals surface area contributed by atoms with Crippen molar-refractivity contribution >= 4 is 17.6 Å². The van der Waals surface area contributed by atoms with Crippen LogP contribution in [0.4, 0.5) is 14.5 Å². The molecule has 0 aromatic heterocycles. The number of nitrogens with one attached hydrogen (secondary N) is 3. The maximum Gasteiger partial charge on any atom is 0.387 e. The molecule has 0 spiro atoms. The van der Waals surface area contributed by atoms with Gasteiger partial charge in [0.2, 0.25) is 5.91 Å². The SMILES string of the molecule is CN=C(NCC(=O)Nc1ccccc1)NCc1cc(C)ccc1OC(F)F. The van der Waals surface area contributed by atoms with E-state index in [1.165, 1.54) is 6.07 Å². The number of hydrogen-bond acceptors (Lipinski definition) is 3. The summed E-state index contributed by atoms with van der Waals surface area (Å²) in [6.07, 6.45) is 0. The van der Waals surface area contributed by atoms with Crippen LogP contribution in [0.5, 0.6) is 5.75 Å². The van der Waals surface area contributed by atoms with Gasteiger partial charge >= 0.3 is 6.61 Å². The van der Waals surface area contributed by atoms with Crippen LogP contribution in [-0.4, -0.2) is 32.1 Å². The number of aryl methyl sites for hydroxylation is 1. The van der Waals surface area contributed by atoms with Crippen molar-refractivity contribution in [2.75, 3.05) is 18.9 Å². The number of carbonyl (C=O) groups excluding carboxylic acids is 1. The second-order valence-corrected chi connectivity index (χ2v) is 5.68. The summed E-state index contributed by atoms with van der Waals surface area (Å²) in [4.78, 5) is 16.0. The van der Waals surface area contributed by atoms with Gasteiger partial charge in [0, 0.05) is 24.8 Å². The summed E-state index contributed by atoms with van der Waals surface area (Å²) in [7, 11) is 1.55. The van der Waals surface area contributed by atoms with Gasteiger partial charge in [-0.05, 0) is 25.1 Å². The second kappa shape index (κ2) is 10.1. The number of guanidine groups is 1. The van der Waals surface area contributed by atoms with Gasteiger partial charge in [0.15, 0.2) is 5.96 Å². The Bertz CT molecular complexity index is 783. The number of aliphatic imine (C=N–C) groups is 1. The lowest BCUT2D eigenvalue weighted by atomic mass is 10.1. The van der Waals surface area contributed by atoms with Crippen LogP contribution >= 0.6 is 0 Å². The molecule has 0 aliphatic rings. The van der Waals surface area contributed by atoms with E-state index in [2.05, 4.69) is 25.7 Å². The minimum Gasteiger partial charge on any atom is -0.434 e. The highest BCUT2D eigenvalue weighted by molar-refractivity contribution is 5.94. The zero-order chi connectivity index (χ0) is 19.6. The summed E-state index contributed by atoms with van der Waals surface area (Å²) >= 11 is 0. The zero-order valence-corrected chi connectivity index (χ0v) is 15.1. The van der Waals surface area contributed by atoms with E-state index in [-0.39, 0.29) is 24.7 Å². The Morgan fingerprint density at radius 2 is 1.89 bits per heavy atom. The summed E-state index contributed by atoms with van der Waals surface area (Å²) in [6.45, 7) is -0.825. The predicted molar refractivity (Wildman–Crippen MR) is 101 cm³/mol. The Labute approximate surface area is 156 Å². The molecule has 0 aliphatic heterocycles. The summed E-state index contributed by atoms with van der Waals surface area (Å²) < 4.78 is 29.6. The third-order valence-corrected chi connectivity index (χ3v) is 3.58. The monoisotopic (exact) mass is 376 g/mol. The van der Waals surface area contributed by atoms with Crippen LogP contribution in [0.25, 0.3) is 0 Å². The van der Waals surface area contributed by atoms with Crippen molar-refractivity contribution in [1.82, 2.24) is 10.6 Å². The highest BCUT2D eigenvalue weighted by atomic mass is 19.3. The largest absolute Gasteiger partial charge is 0.434 e. The van der Waals surface area contributed by atoms with Crippen LogP contribution in [0.1, 0.15) is 11.1 Å². The van der Waals surface area contributed by atoms with E-state index in [0.717, 1.165) is 5.56 Å². The fourth-order valence-electron chi connectivity index (χ4n) is 2.35. The molecule has 0 saturated heterocycles. The molecule has 0 radical (unpaired) electrons. The number of carbonyl (C=O) groups is 1. The van der Waals surface area contributed by atoms with Crippen LogP contribution in [0, 0.1) is 6.92 Å². The van der Waals surface area contributed by atoms with E-state index in [4.69, 9.17) is 0 Å². The molecule has 8 heteroatoms. The topological polar surface area (TPSA) is 74.8 Å². The average Bonchev–Trinajstić information content (AvgIpc) is 2.64. The van der Waals surface area contributed by atoms with Gasteiger partial charge in [0.05, 0.1) is 6.54 Å². The van der Waals surface area contributed by atoms with Gasteiger partial charge in [-0.3, -0.25) is 9.79 Å². The summed E-state index contributed by atoms with van der Waals surface area (Å²) in [5.74, 6) is 0.226.